The van der Waals surface area contributed by atoms with Gasteiger partial charge in [0.25, 0.3) is 0 Å². The minimum Gasteiger partial charge on any atom is -0.493 e. The number of ether oxygens (including phenoxy) is 1. The molecule has 1 aliphatic rings. The Balaban J connectivity index is 1.92. The number of para-hydroxylation sites is 1. The quantitative estimate of drug-likeness (QED) is 0.775. The SMILES string of the molecule is Brc1ccc2c(c1)C(Nc1ccccc1Br)CCO2. The summed E-state index contributed by atoms with van der Waals surface area (Å²) in [7, 11) is 0. The van der Waals surface area contributed by atoms with Gasteiger partial charge in [0.2, 0.25) is 0 Å². The van der Waals surface area contributed by atoms with Crippen molar-refractivity contribution in [3.05, 3.63) is 57.0 Å². The van der Waals surface area contributed by atoms with Crippen LogP contribution < -0.4 is 10.1 Å². The van der Waals surface area contributed by atoms with E-state index in [2.05, 4.69) is 49.3 Å². The second kappa shape index (κ2) is 5.55. The van der Waals surface area contributed by atoms with Gasteiger partial charge in [-0.3, -0.25) is 0 Å². The average Bonchev–Trinajstić information content (AvgIpc) is 2.42. The lowest BCUT2D eigenvalue weighted by Crippen LogP contribution is -2.20. The van der Waals surface area contributed by atoms with E-state index in [-0.39, 0.29) is 6.04 Å². The van der Waals surface area contributed by atoms with Gasteiger partial charge < -0.3 is 10.1 Å². The molecule has 1 atom stereocenters. The summed E-state index contributed by atoms with van der Waals surface area (Å²) in [4.78, 5) is 0. The smallest absolute Gasteiger partial charge is 0.124 e. The Morgan fingerprint density at radius 2 is 1.95 bits per heavy atom. The molecule has 0 amide bonds. The molecule has 3 rings (SSSR count). The Kier molecular flexibility index (Phi) is 3.80. The first-order chi connectivity index (χ1) is 9.24. The molecule has 19 heavy (non-hydrogen) atoms. The predicted octanol–water partition coefficient (Wildman–Crippen LogP) is 5.15. The first kappa shape index (κ1) is 13.0. The van der Waals surface area contributed by atoms with Crippen molar-refractivity contribution in [3.63, 3.8) is 0 Å². The molecule has 0 fully saturated rings. The minimum atomic E-state index is 0.278. The van der Waals surface area contributed by atoms with Gasteiger partial charge in [0, 0.05) is 26.6 Å². The van der Waals surface area contributed by atoms with Crippen LogP contribution in [0, 0.1) is 0 Å². The number of anilines is 1. The summed E-state index contributed by atoms with van der Waals surface area (Å²) in [6, 6.07) is 14.6. The Bertz CT molecular complexity index is 600. The standard InChI is InChI=1S/C15H13Br2NO/c16-10-5-6-15-11(9-10)13(7-8-19-15)18-14-4-2-1-3-12(14)17/h1-6,9,13,18H,7-8H2. The maximum atomic E-state index is 5.70. The fraction of sp³-hybridized carbons (Fsp3) is 0.200. The van der Waals surface area contributed by atoms with Crippen molar-refractivity contribution in [1.29, 1.82) is 0 Å². The molecule has 2 aromatic rings. The van der Waals surface area contributed by atoms with Gasteiger partial charge in [0.1, 0.15) is 5.75 Å². The molecule has 0 aliphatic carbocycles. The van der Waals surface area contributed by atoms with E-state index in [1.807, 2.05) is 30.3 Å². The molecule has 2 aromatic carbocycles. The first-order valence-electron chi connectivity index (χ1n) is 6.17. The highest BCUT2D eigenvalue weighted by Gasteiger charge is 2.22. The maximum absolute atomic E-state index is 5.70. The van der Waals surface area contributed by atoms with E-state index < -0.39 is 0 Å². The summed E-state index contributed by atoms with van der Waals surface area (Å²) in [5.41, 5.74) is 2.32. The van der Waals surface area contributed by atoms with Crippen LogP contribution in [0.1, 0.15) is 18.0 Å². The van der Waals surface area contributed by atoms with Crippen LogP contribution in [0.2, 0.25) is 0 Å². The Hall–Kier alpha value is -1.000. The lowest BCUT2D eigenvalue weighted by Gasteiger charge is -2.28. The third-order valence-corrected chi connectivity index (χ3v) is 4.40. The Morgan fingerprint density at radius 1 is 1.11 bits per heavy atom. The summed E-state index contributed by atoms with van der Waals surface area (Å²) in [6.07, 6.45) is 0.963. The Labute approximate surface area is 129 Å². The van der Waals surface area contributed by atoms with Crippen molar-refractivity contribution in [1.82, 2.24) is 0 Å². The molecule has 0 saturated carbocycles. The minimum absolute atomic E-state index is 0.278. The van der Waals surface area contributed by atoms with E-state index in [4.69, 9.17) is 4.74 Å². The van der Waals surface area contributed by atoms with Crippen molar-refractivity contribution in [3.8, 4) is 5.75 Å². The second-order valence-corrected chi connectivity index (χ2v) is 6.27. The summed E-state index contributed by atoms with van der Waals surface area (Å²) in [5, 5.41) is 3.58. The molecular formula is C15H13Br2NO. The lowest BCUT2D eigenvalue weighted by atomic mass is 10.0. The fourth-order valence-corrected chi connectivity index (χ4v) is 3.06. The van der Waals surface area contributed by atoms with Gasteiger partial charge in [-0.2, -0.15) is 0 Å². The van der Waals surface area contributed by atoms with Gasteiger partial charge in [-0.05, 0) is 46.3 Å². The highest BCUT2D eigenvalue weighted by atomic mass is 79.9. The number of hydrogen-bond donors (Lipinski definition) is 1. The molecule has 0 radical (unpaired) electrons. The molecule has 4 heteroatoms. The van der Waals surface area contributed by atoms with Crippen LogP contribution in [-0.4, -0.2) is 6.61 Å². The zero-order chi connectivity index (χ0) is 13.2. The van der Waals surface area contributed by atoms with E-state index in [1.165, 1.54) is 5.56 Å². The molecule has 1 N–H and O–H groups in total. The van der Waals surface area contributed by atoms with E-state index in [0.717, 1.165) is 33.4 Å². The maximum Gasteiger partial charge on any atom is 0.124 e. The summed E-state index contributed by atoms with van der Waals surface area (Å²) < 4.78 is 7.86. The van der Waals surface area contributed by atoms with Gasteiger partial charge in [0.15, 0.2) is 0 Å². The molecule has 0 bridgehead atoms. The fourth-order valence-electron chi connectivity index (χ4n) is 2.28. The number of benzene rings is 2. The van der Waals surface area contributed by atoms with Crippen LogP contribution in [0.25, 0.3) is 0 Å². The van der Waals surface area contributed by atoms with Crippen molar-refractivity contribution in [2.45, 2.75) is 12.5 Å². The van der Waals surface area contributed by atoms with Crippen molar-refractivity contribution in [2.24, 2.45) is 0 Å². The largest absolute Gasteiger partial charge is 0.493 e. The van der Waals surface area contributed by atoms with Crippen molar-refractivity contribution >= 4 is 37.5 Å². The third kappa shape index (κ3) is 2.79. The topological polar surface area (TPSA) is 21.3 Å². The molecule has 1 unspecified atom stereocenters. The number of halogens is 2. The number of rotatable bonds is 2. The van der Waals surface area contributed by atoms with Gasteiger partial charge in [0.05, 0.1) is 12.6 Å². The monoisotopic (exact) mass is 381 g/mol. The zero-order valence-electron chi connectivity index (χ0n) is 10.2. The molecule has 1 aliphatic heterocycles. The van der Waals surface area contributed by atoms with Crippen molar-refractivity contribution in [2.75, 3.05) is 11.9 Å². The normalized spacial score (nSPS) is 17.5. The van der Waals surface area contributed by atoms with Crippen LogP contribution >= 0.6 is 31.9 Å². The van der Waals surface area contributed by atoms with Gasteiger partial charge in [-0.25, -0.2) is 0 Å². The van der Waals surface area contributed by atoms with Gasteiger partial charge in [-0.1, -0.05) is 28.1 Å². The molecule has 0 aromatic heterocycles. The lowest BCUT2D eigenvalue weighted by molar-refractivity contribution is 0.274. The van der Waals surface area contributed by atoms with Crippen LogP contribution in [0.5, 0.6) is 5.75 Å². The summed E-state index contributed by atoms with van der Waals surface area (Å²) >= 11 is 7.10. The van der Waals surface area contributed by atoms with Crippen molar-refractivity contribution < 1.29 is 4.74 Å². The van der Waals surface area contributed by atoms with Gasteiger partial charge >= 0.3 is 0 Å². The highest BCUT2D eigenvalue weighted by Crippen LogP contribution is 2.37. The zero-order valence-corrected chi connectivity index (χ0v) is 13.4. The number of nitrogens with one attached hydrogen (secondary N) is 1. The molecule has 98 valence electrons. The molecular weight excluding hydrogens is 370 g/mol. The highest BCUT2D eigenvalue weighted by molar-refractivity contribution is 9.10. The molecule has 0 saturated heterocycles. The Morgan fingerprint density at radius 3 is 2.79 bits per heavy atom. The number of fused-ring (bicyclic) bond motifs is 1. The summed E-state index contributed by atoms with van der Waals surface area (Å²) in [5.74, 6) is 0.971. The van der Waals surface area contributed by atoms with Crippen LogP contribution in [0.4, 0.5) is 5.69 Å². The average molecular weight is 383 g/mol. The van der Waals surface area contributed by atoms with Crippen LogP contribution in [0.15, 0.2) is 51.4 Å². The van der Waals surface area contributed by atoms with E-state index >= 15 is 0 Å². The van der Waals surface area contributed by atoms with E-state index in [9.17, 15) is 0 Å². The third-order valence-electron chi connectivity index (χ3n) is 3.21. The summed E-state index contributed by atoms with van der Waals surface area (Å²) in [6.45, 7) is 0.747. The van der Waals surface area contributed by atoms with Crippen LogP contribution in [0.3, 0.4) is 0 Å². The molecule has 2 nitrogen and oxygen atoms in total. The van der Waals surface area contributed by atoms with E-state index in [1.54, 1.807) is 0 Å². The number of hydrogen-bond acceptors (Lipinski definition) is 2. The first-order valence-corrected chi connectivity index (χ1v) is 7.76. The predicted molar refractivity (Wildman–Crippen MR) is 84.8 cm³/mol. The van der Waals surface area contributed by atoms with Crippen LogP contribution in [-0.2, 0) is 0 Å². The molecule has 0 spiro atoms. The second-order valence-electron chi connectivity index (χ2n) is 4.50. The van der Waals surface area contributed by atoms with Gasteiger partial charge in [-0.15, -0.1) is 0 Å². The van der Waals surface area contributed by atoms with E-state index in [0.29, 0.717) is 0 Å². The molecule has 1 heterocycles.